The Labute approximate surface area is 82.1 Å². The molecule has 0 saturated heterocycles. The Morgan fingerprint density at radius 3 is 2.33 bits per heavy atom. The van der Waals surface area contributed by atoms with Gasteiger partial charge in [0.25, 0.3) is 0 Å². The first-order chi connectivity index (χ1) is 6.83. The molecule has 0 aliphatic rings. The molecule has 0 fully saturated rings. The Balaban J connectivity index is 3.09. The lowest BCUT2D eigenvalue weighted by molar-refractivity contribution is -0.275. The van der Waals surface area contributed by atoms with Crippen LogP contribution in [-0.4, -0.2) is 11.5 Å². The van der Waals surface area contributed by atoms with Crippen LogP contribution in [0.3, 0.4) is 0 Å². The Morgan fingerprint density at radius 2 is 1.93 bits per heavy atom. The maximum Gasteiger partial charge on any atom is 0.573 e. The van der Waals surface area contributed by atoms with Crippen LogP contribution in [0.2, 0.25) is 0 Å². The minimum absolute atomic E-state index is 0.0690. The lowest BCUT2D eigenvalue weighted by atomic mass is 10.2. The summed E-state index contributed by atoms with van der Waals surface area (Å²) < 4.78 is 51.8. The predicted octanol–water partition coefficient (Wildman–Crippen LogP) is 1.80. The summed E-state index contributed by atoms with van der Waals surface area (Å²) >= 11 is 0. The van der Waals surface area contributed by atoms with Gasteiger partial charge in [-0.1, -0.05) is 0 Å². The highest BCUT2D eigenvalue weighted by Gasteiger charge is 2.33. The maximum atomic E-state index is 13.0. The van der Waals surface area contributed by atoms with Gasteiger partial charge in [-0.25, -0.2) is 4.39 Å². The smallest absolute Gasteiger partial charge is 0.400 e. The van der Waals surface area contributed by atoms with Crippen LogP contribution in [0.25, 0.3) is 0 Å². The van der Waals surface area contributed by atoms with Gasteiger partial charge in [0.1, 0.15) is 0 Å². The number of aliphatic hydroxyl groups excluding tert-OH is 1. The Hall–Kier alpha value is -1.50. The average molecular weight is 225 g/mol. The van der Waals surface area contributed by atoms with Crippen molar-refractivity contribution in [3.8, 4) is 5.75 Å². The minimum Gasteiger partial charge on any atom is -0.400 e. The van der Waals surface area contributed by atoms with Crippen molar-refractivity contribution in [2.24, 2.45) is 0 Å². The summed E-state index contributed by atoms with van der Waals surface area (Å²) in [6.07, 6.45) is -5.00. The van der Waals surface area contributed by atoms with Gasteiger partial charge < -0.3 is 15.6 Å². The number of ether oxygens (including phenoxy) is 1. The molecule has 0 aliphatic carbocycles. The fraction of sp³-hybridized carbons (Fsp3) is 0.250. The Bertz CT molecular complexity index is 341. The molecule has 0 spiro atoms. The Morgan fingerprint density at radius 1 is 1.33 bits per heavy atom. The second kappa shape index (κ2) is 3.93. The van der Waals surface area contributed by atoms with E-state index in [1.54, 1.807) is 0 Å². The van der Waals surface area contributed by atoms with E-state index < -0.39 is 30.2 Å². The van der Waals surface area contributed by atoms with E-state index in [1.165, 1.54) is 0 Å². The number of anilines is 1. The number of hydrogen-bond donors (Lipinski definition) is 2. The zero-order chi connectivity index (χ0) is 11.6. The van der Waals surface area contributed by atoms with Crippen molar-refractivity contribution in [3.05, 3.63) is 23.5 Å². The standard InChI is InChI=1S/C8H7F4NO2/c9-5-1-4(3-14)2-6(13)7(5)15-8(10,11)12/h1-2,14H,3,13H2. The molecule has 1 aromatic rings. The molecule has 84 valence electrons. The summed E-state index contributed by atoms with van der Waals surface area (Å²) in [5, 5.41) is 8.62. The average Bonchev–Trinajstić information content (AvgIpc) is 2.09. The van der Waals surface area contributed by atoms with Gasteiger partial charge in [-0.15, -0.1) is 13.2 Å². The van der Waals surface area contributed by atoms with Crippen LogP contribution in [-0.2, 0) is 6.61 Å². The van der Waals surface area contributed by atoms with Gasteiger partial charge in [-0.2, -0.15) is 0 Å². The van der Waals surface area contributed by atoms with E-state index in [2.05, 4.69) is 4.74 Å². The summed E-state index contributed by atoms with van der Waals surface area (Å²) in [7, 11) is 0. The monoisotopic (exact) mass is 225 g/mol. The van der Waals surface area contributed by atoms with Gasteiger partial charge >= 0.3 is 6.36 Å². The number of alkyl halides is 3. The number of hydrogen-bond acceptors (Lipinski definition) is 3. The van der Waals surface area contributed by atoms with Crippen LogP contribution in [0.1, 0.15) is 5.56 Å². The van der Waals surface area contributed by atoms with Crippen molar-refractivity contribution in [2.75, 3.05) is 5.73 Å². The van der Waals surface area contributed by atoms with Crippen molar-refractivity contribution in [1.82, 2.24) is 0 Å². The molecule has 0 amide bonds. The molecule has 0 radical (unpaired) electrons. The van der Waals surface area contributed by atoms with Gasteiger partial charge in [0.2, 0.25) is 0 Å². The summed E-state index contributed by atoms with van der Waals surface area (Å²) in [5.74, 6) is -2.35. The fourth-order valence-electron chi connectivity index (χ4n) is 0.988. The number of rotatable bonds is 2. The van der Waals surface area contributed by atoms with Crippen molar-refractivity contribution in [1.29, 1.82) is 0 Å². The molecule has 3 nitrogen and oxygen atoms in total. The van der Waals surface area contributed by atoms with Gasteiger partial charge in [0, 0.05) is 0 Å². The zero-order valence-electron chi connectivity index (χ0n) is 7.31. The first-order valence-corrected chi connectivity index (χ1v) is 3.78. The van der Waals surface area contributed by atoms with E-state index in [0.717, 1.165) is 12.1 Å². The fourth-order valence-corrected chi connectivity index (χ4v) is 0.988. The second-order valence-electron chi connectivity index (χ2n) is 2.70. The third-order valence-corrected chi connectivity index (χ3v) is 1.53. The SMILES string of the molecule is Nc1cc(CO)cc(F)c1OC(F)(F)F. The first kappa shape index (κ1) is 11.6. The van der Waals surface area contributed by atoms with Crippen molar-refractivity contribution in [2.45, 2.75) is 13.0 Å². The molecule has 1 aromatic carbocycles. The van der Waals surface area contributed by atoms with Crippen LogP contribution in [0, 0.1) is 5.82 Å². The third-order valence-electron chi connectivity index (χ3n) is 1.53. The van der Waals surface area contributed by atoms with Gasteiger partial charge in [0.15, 0.2) is 11.6 Å². The highest BCUT2D eigenvalue weighted by atomic mass is 19.4. The summed E-state index contributed by atoms with van der Waals surface area (Å²) in [6.45, 7) is -0.520. The molecule has 0 bridgehead atoms. The largest absolute Gasteiger partial charge is 0.573 e. The molecular weight excluding hydrogens is 218 g/mol. The normalized spacial score (nSPS) is 11.5. The molecule has 3 N–H and O–H groups in total. The maximum absolute atomic E-state index is 13.0. The van der Waals surface area contributed by atoms with Crippen LogP contribution < -0.4 is 10.5 Å². The van der Waals surface area contributed by atoms with E-state index in [0.29, 0.717) is 0 Å². The van der Waals surface area contributed by atoms with E-state index in [1.807, 2.05) is 0 Å². The van der Waals surface area contributed by atoms with Crippen LogP contribution in [0.4, 0.5) is 23.2 Å². The molecule has 1 rings (SSSR count). The van der Waals surface area contributed by atoms with Gasteiger partial charge in [-0.05, 0) is 17.7 Å². The topological polar surface area (TPSA) is 55.5 Å². The molecule has 0 saturated carbocycles. The number of benzene rings is 1. The number of nitrogen functional groups attached to an aromatic ring is 1. The molecule has 0 unspecified atom stereocenters. The predicted molar refractivity (Wildman–Crippen MR) is 43.4 cm³/mol. The van der Waals surface area contributed by atoms with E-state index in [4.69, 9.17) is 10.8 Å². The summed E-state index contributed by atoms with van der Waals surface area (Å²) in [6, 6.07) is 1.72. The van der Waals surface area contributed by atoms with Gasteiger partial charge in [0.05, 0.1) is 12.3 Å². The van der Waals surface area contributed by atoms with Gasteiger partial charge in [-0.3, -0.25) is 0 Å². The molecule has 15 heavy (non-hydrogen) atoms. The minimum atomic E-state index is -5.00. The first-order valence-electron chi connectivity index (χ1n) is 3.78. The van der Waals surface area contributed by atoms with E-state index >= 15 is 0 Å². The molecular formula is C8H7F4NO2. The summed E-state index contributed by atoms with van der Waals surface area (Å²) in [4.78, 5) is 0. The molecule has 0 atom stereocenters. The lowest BCUT2D eigenvalue weighted by Gasteiger charge is -2.12. The zero-order valence-corrected chi connectivity index (χ0v) is 7.31. The van der Waals surface area contributed by atoms with Crippen molar-refractivity contribution in [3.63, 3.8) is 0 Å². The van der Waals surface area contributed by atoms with Crippen molar-refractivity contribution < 1.29 is 27.4 Å². The Kier molecular flexibility index (Phi) is 3.04. The van der Waals surface area contributed by atoms with Crippen molar-refractivity contribution >= 4 is 5.69 Å². The number of aliphatic hydroxyl groups is 1. The third kappa shape index (κ3) is 2.98. The summed E-state index contributed by atoms with van der Waals surface area (Å²) in [5.41, 5.74) is 4.68. The molecule has 0 heterocycles. The van der Waals surface area contributed by atoms with Crippen LogP contribution >= 0.6 is 0 Å². The highest BCUT2D eigenvalue weighted by molar-refractivity contribution is 5.55. The van der Waals surface area contributed by atoms with Crippen LogP contribution in [0.5, 0.6) is 5.75 Å². The van der Waals surface area contributed by atoms with E-state index in [-0.39, 0.29) is 5.56 Å². The quantitative estimate of drug-likeness (QED) is 0.596. The molecule has 7 heteroatoms. The van der Waals surface area contributed by atoms with Crippen LogP contribution in [0.15, 0.2) is 12.1 Å². The lowest BCUT2D eigenvalue weighted by Crippen LogP contribution is -2.19. The number of nitrogens with two attached hydrogens (primary N) is 1. The molecule has 0 aliphatic heterocycles. The van der Waals surface area contributed by atoms with E-state index in [9.17, 15) is 17.6 Å². The second-order valence-corrected chi connectivity index (χ2v) is 2.70. The highest BCUT2D eigenvalue weighted by Crippen LogP contribution is 2.32. The molecule has 0 aromatic heterocycles. The number of halogens is 4.